The van der Waals surface area contributed by atoms with E-state index in [4.69, 9.17) is 30.3 Å². The van der Waals surface area contributed by atoms with E-state index in [1.807, 2.05) is 52.0 Å². The Balaban J connectivity index is 1.35. The maximum atomic E-state index is 12.3. The van der Waals surface area contributed by atoms with Gasteiger partial charge in [0.25, 0.3) is 10.1 Å². The number of rotatable bonds is 13. The number of pyridine rings is 1. The first-order valence-corrected chi connectivity index (χ1v) is 26.8. The zero-order valence-corrected chi connectivity index (χ0v) is 42.4. The van der Waals surface area contributed by atoms with Crippen LogP contribution in [0, 0.1) is 53.8 Å². The largest absolute Gasteiger partial charge is 0.365 e. The summed E-state index contributed by atoms with van der Waals surface area (Å²) in [5.74, 6) is 4.37. The number of anilines is 3. The van der Waals surface area contributed by atoms with Gasteiger partial charge in [-0.05, 0) is 110 Å². The third kappa shape index (κ3) is 9.37. The molecule has 66 heavy (non-hydrogen) atoms. The highest BCUT2D eigenvalue weighted by Gasteiger charge is 2.42. The third-order valence-electron chi connectivity index (χ3n) is 14.2. The van der Waals surface area contributed by atoms with E-state index in [1.165, 1.54) is 34.8 Å². The molecule has 8 rings (SSSR count). The molecule has 2 aromatic carbocycles. The van der Waals surface area contributed by atoms with Crippen LogP contribution >= 0.6 is 22.7 Å². The summed E-state index contributed by atoms with van der Waals surface area (Å²) >= 11 is 2.91. The van der Waals surface area contributed by atoms with Crippen molar-refractivity contribution >= 4 is 81.5 Å². The molecule has 2 aliphatic rings. The number of fused-ring (bicyclic) bond motifs is 2. The summed E-state index contributed by atoms with van der Waals surface area (Å²) in [7, 11) is -4.42. The summed E-state index contributed by atoms with van der Waals surface area (Å²) in [5, 5.41) is 31.2. The molecule has 350 valence electrons. The molecule has 0 spiro atoms. The lowest BCUT2D eigenvalue weighted by molar-refractivity contribution is 0.161. The average Bonchev–Trinajstić information content (AvgIpc) is 4.01. The van der Waals surface area contributed by atoms with Crippen LogP contribution in [-0.4, -0.2) is 49.8 Å². The van der Waals surface area contributed by atoms with Gasteiger partial charge in [0.05, 0.1) is 31.0 Å². The van der Waals surface area contributed by atoms with Gasteiger partial charge in [0, 0.05) is 17.5 Å². The van der Waals surface area contributed by atoms with Gasteiger partial charge < -0.3 is 5.32 Å². The molecule has 0 radical (unpaired) electrons. The molecule has 3 unspecified atom stereocenters. The Morgan fingerprint density at radius 2 is 1.47 bits per heavy atom. The van der Waals surface area contributed by atoms with E-state index < -0.39 is 15.5 Å². The summed E-state index contributed by atoms with van der Waals surface area (Å²) < 4.78 is 37.9. The van der Waals surface area contributed by atoms with Crippen molar-refractivity contribution in [2.75, 3.05) is 10.2 Å². The maximum Gasteiger partial charge on any atom is 0.294 e. The number of aryl methyl sites for hydroxylation is 1. The Labute approximate surface area is 397 Å². The molecule has 4 aromatic heterocycles. The Hall–Kier alpha value is -4.82. The van der Waals surface area contributed by atoms with Crippen LogP contribution in [0.3, 0.4) is 0 Å². The van der Waals surface area contributed by atoms with Crippen LogP contribution in [0.25, 0.3) is 25.6 Å². The molecule has 13 nitrogen and oxygen atoms in total. The van der Waals surface area contributed by atoms with Crippen LogP contribution in [-0.2, 0) is 15.5 Å². The van der Waals surface area contributed by atoms with E-state index in [-0.39, 0.29) is 17.0 Å². The lowest BCUT2D eigenvalue weighted by Gasteiger charge is -2.46. The highest BCUT2D eigenvalue weighted by atomic mass is 32.2. The summed E-state index contributed by atoms with van der Waals surface area (Å²) in [6.07, 6.45) is 8.37. The second-order valence-electron chi connectivity index (χ2n) is 19.9. The molecule has 6 atom stereocenters. The number of benzene rings is 2. The second kappa shape index (κ2) is 19.1. The van der Waals surface area contributed by atoms with E-state index in [1.54, 1.807) is 10.7 Å². The SMILES string of the molecule is CCC1CC(C)C[C@H](CC)C1N(c1cc(C)c(N=Nc2c(C#N)c(C(C)(C)C)nn2-c2nc3ccccc3s2)c(NC2[C@@H](CC)CC(C)C[C@@H]2CC)n1)c1nc2ccc(S(=O)(=O)O)cc2s1. The van der Waals surface area contributed by atoms with Crippen molar-refractivity contribution < 1.29 is 13.0 Å². The van der Waals surface area contributed by atoms with Gasteiger partial charge in [0.1, 0.15) is 23.1 Å². The van der Waals surface area contributed by atoms with Crippen molar-refractivity contribution in [1.29, 1.82) is 5.26 Å². The smallest absolute Gasteiger partial charge is 0.294 e. The predicted octanol–water partition coefficient (Wildman–Crippen LogP) is 13.9. The highest BCUT2D eigenvalue weighted by Crippen LogP contribution is 2.48. The predicted molar refractivity (Wildman–Crippen MR) is 268 cm³/mol. The fraction of sp³-hybridized carbons (Fsp3) is 0.540. The molecular weight excluding hydrogens is 885 g/mol. The molecule has 2 N–H and O–H groups in total. The van der Waals surface area contributed by atoms with Gasteiger partial charge >= 0.3 is 0 Å². The second-order valence-corrected chi connectivity index (χ2v) is 23.4. The fourth-order valence-electron chi connectivity index (χ4n) is 10.9. The molecule has 0 amide bonds. The van der Waals surface area contributed by atoms with Crippen LogP contribution < -0.4 is 10.2 Å². The average molecular weight is 949 g/mol. The molecule has 2 saturated carbocycles. The topological polar surface area (TPSA) is 175 Å². The van der Waals surface area contributed by atoms with Crippen LogP contribution in [0.2, 0.25) is 0 Å². The van der Waals surface area contributed by atoms with Crippen LogP contribution in [0.1, 0.15) is 131 Å². The highest BCUT2D eigenvalue weighted by molar-refractivity contribution is 7.85. The van der Waals surface area contributed by atoms with Crippen LogP contribution in [0.15, 0.2) is 63.7 Å². The Bertz CT molecular complexity index is 2850. The van der Waals surface area contributed by atoms with Crippen molar-refractivity contribution in [3.05, 3.63) is 65.4 Å². The minimum absolute atomic E-state index is 0.0597. The number of aromatic nitrogens is 5. The number of hydrogen-bond donors (Lipinski definition) is 2. The zero-order valence-electron chi connectivity index (χ0n) is 39.9. The number of nitriles is 1. The van der Waals surface area contributed by atoms with Crippen molar-refractivity contribution in [2.45, 2.75) is 143 Å². The van der Waals surface area contributed by atoms with Crippen molar-refractivity contribution in [2.24, 2.45) is 45.7 Å². The standard InChI is InChI=1S/C50H64N10O3S3/c1-11-31-21-28(5)22-32(12-2)43(31)55-46-42(56-57-47-36(27-51)45(50(8,9)10)58-60(47)49-53-37-17-15-16-18-39(37)64-49)30(7)25-41(54-46)59(44-33(13-3)23-29(6)24-34(44)14-4)48-52-38-20-19-35(66(61,62)63)26-40(38)65-48/h15-20,25-26,28-29,31-34,43-44H,11-14,21-24H2,1-10H3,(H,54,55)(H,61,62,63)/t28?,29?,31-,32-,33-,34?,43?,44?/m0/s1. The van der Waals surface area contributed by atoms with Gasteiger partial charge in [-0.1, -0.05) is 123 Å². The van der Waals surface area contributed by atoms with E-state index in [2.05, 4.69) is 63.9 Å². The first-order valence-electron chi connectivity index (χ1n) is 23.7. The number of nitrogens with one attached hydrogen (secondary N) is 1. The quantitative estimate of drug-likeness (QED) is 0.0837. The molecular formula is C50H64N10O3S3. The molecule has 2 fully saturated rings. The zero-order chi connectivity index (χ0) is 47.2. The number of hydrogen-bond acceptors (Lipinski definition) is 13. The van der Waals surface area contributed by atoms with Crippen LogP contribution in [0.5, 0.6) is 0 Å². The molecule has 4 heterocycles. The van der Waals surface area contributed by atoms with Crippen molar-refractivity contribution in [3.63, 3.8) is 0 Å². The normalized spacial score (nSPS) is 24.0. The number of nitrogens with zero attached hydrogens (tertiary/aromatic N) is 9. The van der Waals surface area contributed by atoms with E-state index >= 15 is 0 Å². The molecule has 0 saturated heterocycles. The lowest BCUT2D eigenvalue weighted by atomic mass is 9.69. The number of azo groups is 1. The van der Waals surface area contributed by atoms with Gasteiger partial charge in [-0.2, -0.15) is 23.5 Å². The lowest BCUT2D eigenvalue weighted by Crippen LogP contribution is -2.47. The molecule has 2 aliphatic carbocycles. The van der Waals surface area contributed by atoms with Crippen LogP contribution in [0.4, 0.5) is 28.3 Å². The summed E-state index contributed by atoms with van der Waals surface area (Å²) in [6, 6.07) is 17.2. The summed E-state index contributed by atoms with van der Waals surface area (Å²) in [6.45, 7) is 22.0. The van der Waals surface area contributed by atoms with Crippen molar-refractivity contribution in [1.82, 2.24) is 24.7 Å². The molecule has 0 aliphatic heterocycles. The molecule has 6 aromatic rings. The number of para-hydroxylation sites is 1. The van der Waals surface area contributed by atoms with Gasteiger partial charge in [-0.25, -0.2) is 15.0 Å². The maximum absolute atomic E-state index is 12.3. The summed E-state index contributed by atoms with van der Waals surface area (Å²) in [5.41, 5.74) is 3.42. The third-order valence-corrected chi connectivity index (χ3v) is 17.0. The first-order chi connectivity index (χ1) is 31.5. The Morgan fingerprint density at radius 1 is 0.848 bits per heavy atom. The summed E-state index contributed by atoms with van der Waals surface area (Å²) in [4.78, 5) is 17.9. The van der Waals surface area contributed by atoms with E-state index in [0.29, 0.717) is 79.4 Å². The Morgan fingerprint density at radius 3 is 2.06 bits per heavy atom. The van der Waals surface area contributed by atoms with Gasteiger partial charge in [0.15, 0.2) is 16.8 Å². The first kappa shape index (κ1) is 47.7. The Kier molecular flexibility index (Phi) is 13.8. The monoisotopic (exact) mass is 948 g/mol. The number of thiazole rings is 2. The minimum Gasteiger partial charge on any atom is -0.365 e. The minimum atomic E-state index is -4.42. The molecule has 0 bridgehead atoms. The van der Waals surface area contributed by atoms with Crippen molar-refractivity contribution in [3.8, 4) is 11.2 Å². The van der Waals surface area contributed by atoms with Gasteiger partial charge in [-0.15, -0.1) is 10.2 Å². The fourth-order valence-corrected chi connectivity index (χ4v) is 13.5. The van der Waals surface area contributed by atoms with E-state index in [9.17, 15) is 18.2 Å². The molecule has 16 heteroatoms. The van der Waals surface area contributed by atoms with Gasteiger partial charge in [0.2, 0.25) is 5.13 Å². The van der Waals surface area contributed by atoms with Gasteiger partial charge in [-0.3, -0.25) is 9.45 Å². The van der Waals surface area contributed by atoms with E-state index in [0.717, 1.165) is 78.1 Å².